The predicted octanol–water partition coefficient (Wildman–Crippen LogP) is 5.65. The maximum atomic E-state index is 13.0. The lowest BCUT2D eigenvalue weighted by Crippen LogP contribution is -2.43. The molecule has 8 nitrogen and oxygen atoms in total. The number of amides is 2. The van der Waals surface area contributed by atoms with Crippen LogP contribution in [0.5, 0.6) is 0 Å². The van der Waals surface area contributed by atoms with Gasteiger partial charge in [0, 0.05) is 18.3 Å². The first-order chi connectivity index (χ1) is 17.5. The quantitative estimate of drug-likeness (QED) is 0.366. The maximum absolute atomic E-state index is 13.0. The average Bonchev–Trinajstić information content (AvgIpc) is 2.82. The van der Waals surface area contributed by atoms with E-state index < -0.39 is 21.8 Å². The van der Waals surface area contributed by atoms with Gasteiger partial charge in [-0.1, -0.05) is 44.5 Å². The van der Waals surface area contributed by atoms with Crippen molar-refractivity contribution in [1.82, 2.24) is 0 Å². The number of rotatable bonds is 10. The van der Waals surface area contributed by atoms with Crippen LogP contribution >= 0.6 is 0 Å². The van der Waals surface area contributed by atoms with Crippen LogP contribution in [0.1, 0.15) is 63.5 Å². The number of hydrogen-bond donors (Lipinski definition) is 3. The van der Waals surface area contributed by atoms with Gasteiger partial charge < -0.3 is 20.6 Å². The fraction of sp³-hybridized carbons (Fsp3) is 0.500. The SMILES string of the molecule is CC[C@H](CC(=O)O)c1ccc(N(CC(C)C)C2CCS(=O)(=O)CC2)c(NC(=O)Nc2ccc(C)cc2)c1. The van der Waals surface area contributed by atoms with Crippen LogP contribution < -0.4 is 15.5 Å². The smallest absolute Gasteiger partial charge is 0.323 e. The zero-order valence-corrected chi connectivity index (χ0v) is 23.0. The summed E-state index contributed by atoms with van der Waals surface area (Å²) < 4.78 is 24.2. The molecule has 0 spiro atoms. The Morgan fingerprint density at radius 1 is 1.05 bits per heavy atom. The van der Waals surface area contributed by atoms with Crippen molar-refractivity contribution in [3.8, 4) is 0 Å². The number of sulfone groups is 1. The van der Waals surface area contributed by atoms with Gasteiger partial charge in [-0.3, -0.25) is 4.79 Å². The minimum absolute atomic E-state index is 0.00103. The summed E-state index contributed by atoms with van der Waals surface area (Å²) in [6.07, 6.45) is 1.71. The van der Waals surface area contributed by atoms with Crippen molar-refractivity contribution in [2.45, 2.75) is 65.3 Å². The molecular weight excluding hydrogens is 490 g/mol. The Balaban J connectivity index is 1.98. The number of carbonyl (C=O) groups excluding carboxylic acids is 1. The van der Waals surface area contributed by atoms with E-state index in [1.165, 1.54) is 0 Å². The van der Waals surface area contributed by atoms with Gasteiger partial charge in [0.1, 0.15) is 9.84 Å². The standard InChI is InChI=1S/C28H39N3O5S/c1-5-21(17-27(32)33)22-8-11-26(31(18-19(2)3)24-12-14-37(35,36)15-13-24)25(16-22)30-28(34)29-23-9-6-20(4)7-10-23/h6-11,16,19,21,24H,5,12-15,17-18H2,1-4H3,(H,32,33)(H2,29,30,34)/t21-/m1/s1. The molecule has 9 heteroatoms. The van der Waals surface area contributed by atoms with Crippen LogP contribution in [0.25, 0.3) is 0 Å². The van der Waals surface area contributed by atoms with Crippen LogP contribution in [0.2, 0.25) is 0 Å². The molecular formula is C28H39N3O5S. The summed E-state index contributed by atoms with van der Waals surface area (Å²) >= 11 is 0. The number of aliphatic carboxylic acids is 1. The molecule has 202 valence electrons. The highest BCUT2D eigenvalue weighted by molar-refractivity contribution is 7.91. The molecule has 1 aliphatic heterocycles. The Labute approximate surface area is 220 Å². The number of nitrogens with one attached hydrogen (secondary N) is 2. The molecule has 0 radical (unpaired) electrons. The molecule has 2 aromatic rings. The Morgan fingerprint density at radius 3 is 2.27 bits per heavy atom. The monoisotopic (exact) mass is 529 g/mol. The Hall–Kier alpha value is -3.07. The van der Waals surface area contributed by atoms with Crippen LogP contribution in [0, 0.1) is 12.8 Å². The second-order valence-electron chi connectivity index (χ2n) is 10.4. The number of carboxylic acid groups (broad SMARTS) is 1. The first kappa shape index (κ1) is 28.5. The minimum Gasteiger partial charge on any atom is -0.481 e. The first-order valence-electron chi connectivity index (χ1n) is 12.9. The van der Waals surface area contributed by atoms with Crippen LogP contribution in [0.15, 0.2) is 42.5 Å². The molecule has 3 N–H and O–H groups in total. The van der Waals surface area contributed by atoms with E-state index in [9.17, 15) is 23.1 Å². The third-order valence-electron chi connectivity index (χ3n) is 6.80. The van der Waals surface area contributed by atoms with Crippen molar-refractivity contribution in [2.24, 2.45) is 5.92 Å². The molecule has 0 saturated carbocycles. The highest BCUT2D eigenvalue weighted by Crippen LogP contribution is 2.36. The first-order valence-corrected chi connectivity index (χ1v) is 14.8. The van der Waals surface area contributed by atoms with Gasteiger partial charge in [0.2, 0.25) is 0 Å². The number of benzene rings is 2. The third-order valence-corrected chi connectivity index (χ3v) is 8.52. The second-order valence-corrected chi connectivity index (χ2v) is 12.7. The molecule has 0 unspecified atom stereocenters. The minimum atomic E-state index is -3.02. The fourth-order valence-corrected chi connectivity index (χ4v) is 6.28. The highest BCUT2D eigenvalue weighted by atomic mass is 32.2. The van der Waals surface area contributed by atoms with E-state index in [0.717, 1.165) is 16.8 Å². The Kier molecular flexibility index (Phi) is 9.59. The van der Waals surface area contributed by atoms with Crippen molar-refractivity contribution in [1.29, 1.82) is 0 Å². The molecule has 1 atom stereocenters. The lowest BCUT2D eigenvalue weighted by molar-refractivity contribution is -0.137. The van der Waals surface area contributed by atoms with Crippen molar-refractivity contribution >= 4 is 38.9 Å². The van der Waals surface area contributed by atoms with E-state index in [-0.39, 0.29) is 29.9 Å². The zero-order valence-electron chi connectivity index (χ0n) is 22.2. The van der Waals surface area contributed by atoms with Gasteiger partial charge in [0.15, 0.2) is 0 Å². The summed E-state index contributed by atoms with van der Waals surface area (Å²) in [5.41, 5.74) is 3.99. The topological polar surface area (TPSA) is 116 Å². The van der Waals surface area contributed by atoms with Crippen molar-refractivity contribution in [2.75, 3.05) is 33.6 Å². The number of urea groups is 1. The number of carbonyl (C=O) groups is 2. The van der Waals surface area contributed by atoms with E-state index in [2.05, 4.69) is 29.4 Å². The van der Waals surface area contributed by atoms with E-state index in [1.54, 1.807) is 0 Å². The largest absolute Gasteiger partial charge is 0.481 e. The molecule has 2 amide bonds. The van der Waals surface area contributed by atoms with Gasteiger partial charge >= 0.3 is 12.0 Å². The van der Waals surface area contributed by atoms with Gasteiger partial charge in [-0.15, -0.1) is 0 Å². The van der Waals surface area contributed by atoms with E-state index in [1.807, 2.05) is 56.3 Å². The molecule has 2 aromatic carbocycles. The van der Waals surface area contributed by atoms with Crippen LogP contribution in [-0.4, -0.2) is 49.6 Å². The number of hydrogen-bond acceptors (Lipinski definition) is 5. The van der Waals surface area contributed by atoms with Crippen molar-refractivity contribution in [3.63, 3.8) is 0 Å². The number of anilines is 3. The maximum Gasteiger partial charge on any atom is 0.323 e. The molecule has 0 aromatic heterocycles. The lowest BCUT2D eigenvalue weighted by atomic mass is 9.92. The van der Waals surface area contributed by atoms with Crippen molar-refractivity contribution in [3.05, 3.63) is 53.6 Å². The molecule has 0 bridgehead atoms. The van der Waals surface area contributed by atoms with E-state index in [4.69, 9.17) is 0 Å². The molecule has 3 rings (SSSR count). The molecule has 1 heterocycles. The van der Waals surface area contributed by atoms with Gasteiger partial charge in [-0.25, -0.2) is 13.2 Å². The highest BCUT2D eigenvalue weighted by Gasteiger charge is 2.30. The van der Waals surface area contributed by atoms with Crippen LogP contribution in [0.4, 0.5) is 21.9 Å². The summed E-state index contributed by atoms with van der Waals surface area (Å²) in [7, 11) is -3.02. The predicted molar refractivity (Wildman–Crippen MR) is 149 cm³/mol. The molecule has 1 aliphatic rings. The van der Waals surface area contributed by atoms with Gasteiger partial charge in [0.05, 0.1) is 29.3 Å². The summed E-state index contributed by atoms with van der Waals surface area (Å²) in [6.45, 7) is 8.84. The average molecular weight is 530 g/mol. The molecule has 1 fully saturated rings. The molecule has 1 saturated heterocycles. The van der Waals surface area contributed by atoms with Crippen molar-refractivity contribution < 1.29 is 23.1 Å². The summed E-state index contributed by atoms with van der Waals surface area (Å²) in [4.78, 5) is 26.7. The van der Waals surface area contributed by atoms with E-state index in [0.29, 0.717) is 43.1 Å². The molecule has 37 heavy (non-hydrogen) atoms. The fourth-order valence-electron chi connectivity index (χ4n) is 4.82. The third kappa shape index (κ3) is 8.21. The summed E-state index contributed by atoms with van der Waals surface area (Å²) in [5, 5.41) is 15.3. The van der Waals surface area contributed by atoms with Gasteiger partial charge in [-0.05, 0) is 67.9 Å². The zero-order chi connectivity index (χ0) is 27.2. The normalized spacial score (nSPS) is 16.2. The van der Waals surface area contributed by atoms with Gasteiger partial charge in [-0.2, -0.15) is 0 Å². The summed E-state index contributed by atoms with van der Waals surface area (Å²) in [6, 6.07) is 12.9. The summed E-state index contributed by atoms with van der Waals surface area (Å²) in [5.74, 6) is -0.449. The van der Waals surface area contributed by atoms with Crippen LogP contribution in [0.3, 0.4) is 0 Å². The number of aryl methyl sites for hydroxylation is 1. The Bertz CT molecular complexity index is 1180. The Morgan fingerprint density at radius 2 is 1.70 bits per heavy atom. The van der Waals surface area contributed by atoms with E-state index >= 15 is 0 Å². The van der Waals surface area contributed by atoms with Gasteiger partial charge in [0.25, 0.3) is 0 Å². The molecule has 0 aliphatic carbocycles. The number of carboxylic acids is 1. The second kappa shape index (κ2) is 12.4. The van der Waals surface area contributed by atoms with Crippen LogP contribution in [-0.2, 0) is 14.6 Å². The number of nitrogens with zero attached hydrogens (tertiary/aromatic N) is 1. The lowest BCUT2D eigenvalue weighted by Gasteiger charge is -2.38.